The lowest BCUT2D eigenvalue weighted by Gasteiger charge is -2.21. The molecule has 0 amide bonds. The van der Waals surface area contributed by atoms with Crippen LogP contribution in [0.15, 0.2) is 4.99 Å². The lowest BCUT2D eigenvalue weighted by molar-refractivity contribution is 0.0283. The lowest BCUT2D eigenvalue weighted by atomic mass is 10.0. The van der Waals surface area contributed by atoms with Gasteiger partial charge in [-0.15, -0.1) is 24.0 Å². The molecule has 2 N–H and O–H groups in total. The minimum absolute atomic E-state index is 0. The number of nitrogens with one attached hydrogen (secondary N) is 2. The number of halogens is 1. The van der Waals surface area contributed by atoms with Gasteiger partial charge in [-0.25, -0.2) is 0 Å². The van der Waals surface area contributed by atoms with Crippen LogP contribution in [-0.4, -0.2) is 50.5 Å². The monoisotopic (exact) mass is 453 g/mol. The molecule has 1 saturated carbocycles. The fraction of sp³-hybridized carbons (Fsp3) is 0.944. The minimum Gasteiger partial charge on any atom is -0.376 e. The number of hydrogen-bond acceptors (Lipinski definition) is 3. The maximum absolute atomic E-state index is 6.02. The van der Waals surface area contributed by atoms with Crippen LogP contribution in [0.25, 0.3) is 0 Å². The molecule has 1 aliphatic carbocycles. The first-order chi connectivity index (χ1) is 11.2. The Bertz CT molecular complexity index is 352. The number of ether oxygens (including phenoxy) is 2. The van der Waals surface area contributed by atoms with E-state index in [4.69, 9.17) is 9.47 Å². The van der Waals surface area contributed by atoms with Crippen molar-refractivity contribution in [3.8, 4) is 0 Å². The van der Waals surface area contributed by atoms with Crippen molar-refractivity contribution in [1.82, 2.24) is 10.6 Å². The Morgan fingerprint density at radius 2 is 1.92 bits per heavy atom. The third-order valence-electron chi connectivity index (χ3n) is 4.77. The summed E-state index contributed by atoms with van der Waals surface area (Å²) >= 11 is 0. The summed E-state index contributed by atoms with van der Waals surface area (Å²) < 4.78 is 11.8. The minimum atomic E-state index is -0.0841. The Hall–Kier alpha value is -0.0800. The SMILES string of the molecule is CCNC(=NCC1(C)CCCO1)NCCOC1CCCCCC1.I. The average Bonchev–Trinajstić information content (AvgIpc) is 2.82. The number of guanidine groups is 1. The Balaban J connectivity index is 0.00000288. The highest BCUT2D eigenvalue weighted by atomic mass is 127. The van der Waals surface area contributed by atoms with E-state index in [0.717, 1.165) is 45.1 Å². The van der Waals surface area contributed by atoms with E-state index in [1.54, 1.807) is 0 Å². The van der Waals surface area contributed by atoms with Gasteiger partial charge in [0.15, 0.2) is 5.96 Å². The number of hydrogen-bond donors (Lipinski definition) is 2. The summed E-state index contributed by atoms with van der Waals surface area (Å²) in [6.07, 6.45) is 10.5. The highest BCUT2D eigenvalue weighted by Gasteiger charge is 2.29. The summed E-state index contributed by atoms with van der Waals surface area (Å²) in [6.45, 7) is 8.25. The van der Waals surface area contributed by atoms with Crippen molar-refractivity contribution in [2.75, 3.05) is 32.8 Å². The van der Waals surface area contributed by atoms with Crippen molar-refractivity contribution < 1.29 is 9.47 Å². The molecule has 142 valence electrons. The Kier molecular flexibility index (Phi) is 11.3. The molecule has 0 spiro atoms. The predicted octanol–water partition coefficient (Wildman–Crippen LogP) is 3.47. The summed E-state index contributed by atoms with van der Waals surface area (Å²) in [5.74, 6) is 0.869. The summed E-state index contributed by atoms with van der Waals surface area (Å²) in [5, 5.41) is 6.68. The smallest absolute Gasteiger partial charge is 0.191 e. The van der Waals surface area contributed by atoms with E-state index in [9.17, 15) is 0 Å². The van der Waals surface area contributed by atoms with E-state index in [-0.39, 0.29) is 29.6 Å². The zero-order valence-electron chi connectivity index (χ0n) is 15.4. The van der Waals surface area contributed by atoms with Gasteiger partial charge >= 0.3 is 0 Å². The van der Waals surface area contributed by atoms with Crippen molar-refractivity contribution >= 4 is 29.9 Å². The second-order valence-corrected chi connectivity index (χ2v) is 7.01. The third kappa shape index (κ3) is 8.34. The van der Waals surface area contributed by atoms with E-state index in [1.807, 2.05) is 0 Å². The first kappa shape index (κ1) is 22.0. The van der Waals surface area contributed by atoms with E-state index in [2.05, 4.69) is 29.5 Å². The van der Waals surface area contributed by atoms with Crippen LogP contribution in [0.5, 0.6) is 0 Å². The molecule has 6 heteroatoms. The zero-order valence-corrected chi connectivity index (χ0v) is 17.8. The topological polar surface area (TPSA) is 54.9 Å². The lowest BCUT2D eigenvalue weighted by Crippen LogP contribution is -2.40. The molecule has 0 aromatic heterocycles. The maximum Gasteiger partial charge on any atom is 0.191 e. The Morgan fingerprint density at radius 3 is 2.54 bits per heavy atom. The van der Waals surface area contributed by atoms with Gasteiger partial charge in [0, 0.05) is 19.7 Å². The van der Waals surface area contributed by atoms with Gasteiger partial charge in [-0.3, -0.25) is 4.99 Å². The zero-order chi connectivity index (χ0) is 16.4. The van der Waals surface area contributed by atoms with Crippen LogP contribution >= 0.6 is 24.0 Å². The standard InChI is InChI=1S/C18H35N3O2.HI/c1-3-19-17(21-15-18(2)11-8-13-23-18)20-12-14-22-16-9-6-4-5-7-10-16;/h16H,3-15H2,1-2H3,(H2,19,20,21);1H. The van der Waals surface area contributed by atoms with Crippen LogP contribution in [0.2, 0.25) is 0 Å². The molecule has 0 aromatic rings. The van der Waals surface area contributed by atoms with Crippen LogP contribution in [0.1, 0.15) is 65.2 Å². The summed E-state index contributed by atoms with van der Waals surface area (Å²) in [7, 11) is 0. The molecule has 2 fully saturated rings. The van der Waals surface area contributed by atoms with Gasteiger partial charge in [0.25, 0.3) is 0 Å². The third-order valence-corrected chi connectivity index (χ3v) is 4.77. The molecule has 1 aliphatic heterocycles. The molecule has 1 heterocycles. The molecule has 0 aromatic carbocycles. The summed E-state index contributed by atoms with van der Waals surface area (Å²) in [5.41, 5.74) is -0.0841. The van der Waals surface area contributed by atoms with Gasteiger partial charge in [0.1, 0.15) is 0 Å². The van der Waals surface area contributed by atoms with Crippen molar-refractivity contribution in [3.05, 3.63) is 0 Å². The molecule has 2 rings (SSSR count). The maximum atomic E-state index is 6.02. The second kappa shape index (κ2) is 12.3. The van der Waals surface area contributed by atoms with Gasteiger partial charge in [-0.2, -0.15) is 0 Å². The van der Waals surface area contributed by atoms with Crippen LogP contribution in [0.4, 0.5) is 0 Å². The van der Waals surface area contributed by atoms with Gasteiger partial charge in [0.05, 0.1) is 24.9 Å². The van der Waals surface area contributed by atoms with Crippen LogP contribution in [0.3, 0.4) is 0 Å². The molecular formula is C18H36IN3O2. The van der Waals surface area contributed by atoms with Crippen molar-refractivity contribution in [2.45, 2.75) is 76.9 Å². The fourth-order valence-corrected chi connectivity index (χ4v) is 3.35. The number of aliphatic imine (C=N–C) groups is 1. The second-order valence-electron chi connectivity index (χ2n) is 7.01. The average molecular weight is 453 g/mol. The van der Waals surface area contributed by atoms with Gasteiger partial charge in [-0.1, -0.05) is 25.7 Å². The van der Waals surface area contributed by atoms with Crippen LogP contribution in [-0.2, 0) is 9.47 Å². The van der Waals surface area contributed by atoms with Crippen LogP contribution in [0, 0.1) is 0 Å². The number of rotatable bonds is 7. The van der Waals surface area contributed by atoms with Crippen molar-refractivity contribution in [3.63, 3.8) is 0 Å². The van der Waals surface area contributed by atoms with Gasteiger partial charge in [0.2, 0.25) is 0 Å². The predicted molar refractivity (Wildman–Crippen MR) is 110 cm³/mol. The Morgan fingerprint density at radius 1 is 1.17 bits per heavy atom. The van der Waals surface area contributed by atoms with Gasteiger partial charge in [-0.05, 0) is 39.5 Å². The summed E-state index contributed by atoms with van der Waals surface area (Å²) in [4.78, 5) is 4.68. The highest BCUT2D eigenvalue weighted by molar-refractivity contribution is 14.0. The van der Waals surface area contributed by atoms with Gasteiger partial charge < -0.3 is 20.1 Å². The summed E-state index contributed by atoms with van der Waals surface area (Å²) in [6, 6.07) is 0. The van der Waals surface area contributed by atoms with E-state index in [1.165, 1.54) is 38.5 Å². The molecule has 5 nitrogen and oxygen atoms in total. The number of nitrogens with zero attached hydrogens (tertiary/aromatic N) is 1. The molecule has 2 aliphatic rings. The molecule has 1 unspecified atom stereocenters. The molecule has 1 atom stereocenters. The Labute approximate surface area is 164 Å². The first-order valence-corrected chi connectivity index (χ1v) is 9.49. The quantitative estimate of drug-likeness (QED) is 0.204. The first-order valence-electron chi connectivity index (χ1n) is 9.49. The van der Waals surface area contributed by atoms with E-state index in [0.29, 0.717) is 12.6 Å². The van der Waals surface area contributed by atoms with Crippen molar-refractivity contribution in [1.29, 1.82) is 0 Å². The largest absolute Gasteiger partial charge is 0.376 e. The van der Waals surface area contributed by atoms with E-state index >= 15 is 0 Å². The molecule has 0 bridgehead atoms. The molecule has 0 radical (unpaired) electrons. The molecule has 24 heavy (non-hydrogen) atoms. The van der Waals surface area contributed by atoms with Crippen molar-refractivity contribution in [2.24, 2.45) is 4.99 Å². The van der Waals surface area contributed by atoms with E-state index < -0.39 is 0 Å². The molecule has 1 saturated heterocycles. The normalized spacial score (nSPS) is 25.8. The fourth-order valence-electron chi connectivity index (χ4n) is 3.35. The highest BCUT2D eigenvalue weighted by Crippen LogP contribution is 2.25. The van der Waals surface area contributed by atoms with Crippen LogP contribution < -0.4 is 10.6 Å². The molecular weight excluding hydrogens is 417 g/mol.